The molecule has 0 fully saturated rings. The third kappa shape index (κ3) is 2.85. The van der Waals surface area contributed by atoms with Crippen LogP contribution >= 0.6 is 11.6 Å². The van der Waals surface area contributed by atoms with Gasteiger partial charge in [0, 0.05) is 11.1 Å². The summed E-state index contributed by atoms with van der Waals surface area (Å²) in [6, 6.07) is 7.47. The third-order valence-electron chi connectivity index (χ3n) is 3.01. The second-order valence-corrected chi connectivity index (χ2v) is 5.50. The lowest BCUT2D eigenvalue weighted by Gasteiger charge is -2.09. The van der Waals surface area contributed by atoms with Gasteiger partial charge >= 0.3 is 0 Å². The molecule has 0 atom stereocenters. The average molecular weight is 292 g/mol. The summed E-state index contributed by atoms with van der Waals surface area (Å²) in [5, 5.41) is 8.03. The number of aromatic nitrogens is 2. The summed E-state index contributed by atoms with van der Waals surface area (Å²) in [4.78, 5) is 12.2. The minimum atomic E-state index is -0.0878. The molecule has 0 saturated carbocycles. The second-order valence-electron chi connectivity index (χ2n) is 5.06. The molecule has 1 N–H and O–H groups in total. The van der Waals surface area contributed by atoms with E-state index in [1.54, 1.807) is 16.8 Å². The van der Waals surface area contributed by atoms with Crippen molar-refractivity contribution in [2.75, 3.05) is 0 Å². The van der Waals surface area contributed by atoms with Crippen molar-refractivity contribution in [1.82, 2.24) is 15.1 Å². The average Bonchev–Trinajstić information content (AvgIpc) is 2.65. The first-order valence-electron chi connectivity index (χ1n) is 6.53. The van der Waals surface area contributed by atoms with E-state index in [0.29, 0.717) is 10.6 Å². The third-order valence-corrected chi connectivity index (χ3v) is 3.26. The molecule has 0 radical (unpaired) electrons. The summed E-state index contributed by atoms with van der Waals surface area (Å²) in [7, 11) is 0. The van der Waals surface area contributed by atoms with Crippen LogP contribution in [-0.4, -0.2) is 21.7 Å². The highest BCUT2D eigenvalue weighted by molar-refractivity contribution is 6.30. The van der Waals surface area contributed by atoms with Crippen LogP contribution in [0.5, 0.6) is 0 Å². The summed E-state index contributed by atoms with van der Waals surface area (Å²) < 4.78 is 1.76. The SMILES string of the molecule is Cc1nn(-c2ccc(Cl)cc2)c(C)c1C(=O)NC(C)C. The number of carbonyl (C=O) groups excluding carboxylic acids is 1. The maximum absolute atomic E-state index is 12.2. The molecule has 0 aliphatic carbocycles. The number of carbonyl (C=O) groups is 1. The van der Waals surface area contributed by atoms with Gasteiger partial charge in [0.2, 0.25) is 0 Å². The van der Waals surface area contributed by atoms with Crippen LogP contribution in [-0.2, 0) is 0 Å². The first kappa shape index (κ1) is 14.6. The molecule has 1 heterocycles. The van der Waals surface area contributed by atoms with Crippen LogP contribution in [0.1, 0.15) is 35.6 Å². The molecule has 2 aromatic rings. The van der Waals surface area contributed by atoms with E-state index in [4.69, 9.17) is 11.6 Å². The maximum atomic E-state index is 12.2. The fourth-order valence-electron chi connectivity index (χ4n) is 2.14. The number of hydrogen-bond acceptors (Lipinski definition) is 2. The molecule has 1 aromatic carbocycles. The van der Waals surface area contributed by atoms with Crippen LogP contribution in [0.2, 0.25) is 5.02 Å². The smallest absolute Gasteiger partial charge is 0.255 e. The van der Waals surface area contributed by atoms with Crippen molar-refractivity contribution in [2.24, 2.45) is 0 Å². The standard InChI is InChI=1S/C15H18ClN3O/c1-9(2)17-15(20)14-10(3)18-19(11(14)4)13-7-5-12(16)6-8-13/h5-9H,1-4H3,(H,17,20). The van der Waals surface area contributed by atoms with Crippen LogP contribution in [0, 0.1) is 13.8 Å². The summed E-state index contributed by atoms with van der Waals surface area (Å²) in [5.41, 5.74) is 3.06. The molecule has 1 amide bonds. The van der Waals surface area contributed by atoms with Crippen molar-refractivity contribution in [1.29, 1.82) is 0 Å². The lowest BCUT2D eigenvalue weighted by Crippen LogP contribution is -2.30. The zero-order valence-corrected chi connectivity index (χ0v) is 12.8. The molecule has 5 heteroatoms. The molecular weight excluding hydrogens is 274 g/mol. The quantitative estimate of drug-likeness (QED) is 0.943. The molecule has 1 aromatic heterocycles. The van der Waals surface area contributed by atoms with Gasteiger partial charge in [-0.15, -0.1) is 0 Å². The number of rotatable bonds is 3. The van der Waals surface area contributed by atoms with Gasteiger partial charge in [-0.05, 0) is 52.0 Å². The second kappa shape index (κ2) is 5.67. The van der Waals surface area contributed by atoms with Crippen LogP contribution in [0.15, 0.2) is 24.3 Å². The Bertz CT molecular complexity index is 629. The van der Waals surface area contributed by atoms with Crippen molar-refractivity contribution in [3.8, 4) is 5.69 Å². The minimum absolute atomic E-state index is 0.0878. The number of halogens is 1. The zero-order chi connectivity index (χ0) is 14.9. The fraction of sp³-hybridized carbons (Fsp3) is 0.333. The molecule has 0 aliphatic rings. The van der Waals surface area contributed by atoms with E-state index in [2.05, 4.69) is 10.4 Å². The van der Waals surface area contributed by atoms with E-state index in [1.807, 2.05) is 39.8 Å². The Morgan fingerprint density at radius 1 is 1.25 bits per heavy atom. The molecule has 106 valence electrons. The topological polar surface area (TPSA) is 46.9 Å². The van der Waals surface area contributed by atoms with Gasteiger partial charge in [-0.1, -0.05) is 11.6 Å². The van der Waals surface area contributed by atoms with E-state index in [1.165, 1.54) is 0 Å². The molecule has 4 nitrogen and oxygen atoms in total. The van der Waals surface area contributed by atoms with Gasteiger partial charge in [0.05, 0.1) is 22.6 Å². The van der Waals surface area contributed by atoms with Crippen LogP contribution in [0.3, 0.4) is 0 Å². The Kier molecular flexibility index (Phi) is 4.14. The molecule has 2 rings (SSSR count). The van der Waals surface area contributed by atoms with Crippen molar-refractivity contribution >= 4 is 17.5 Å². The molecule has 0 bridgehead atoms. The van der Waals surface area contributed by atoms with Gasteiger partial charge in [-0.25, -0.2) is 4.68 Å². The lowest BCUT2D eigenvalue weighted by atomic mass is 10.1. The lowest BCUT2D eigenvalue weighted by molar-refractivity contribution is 0.0942. The monoisotopic (exact) mass is 291 g/mol. The number of nitrogens with one attached hydrogen (secondary N) is 1. The minimum Gasteiger partial charge on any atom is -0.350 e. The number of hydrogen-bond donors (Lipinski definition) is 1. The van der Waals surface area contributed by atoms with Gasteiger partial charge in [0.15, 0.2) is 0 Å². The van der Waals surface area contributed by atoms with Crippen molar-refractivity contribution < 1.29 is 4.79 Å². The van der Waals surface area contributed by atoms with Gasteiger partial charge in [-0.2, -0.15) is 5.10 Å². The normalized spacial score (nSPS) is 10.9. The number of amides is 1. The molecular formula is C15H18ClN3O. The van der Waals surface area contributed by atoms with E-state index in [0.717, 1.165) is 17.1 Å². The summed E-state index contributed by atoms with van der Waals surface area (Å²) in [5.74, 6) is -0.0878. The van der Waals surface area contributed by atoms with Crippen molar-refractivity contribution in [3.05, 3.63) is 46.2 Å². The first-order valence-corrected chi connectivity index (χ1v) is 6.91. The number of nitrogens with zero attached hydrogens (tertiary/aromatic N) is 2. The van der Waals surface area contributed by atoms with E-state index in [-0.39, 0.29) is 11.9 Å². The van der Waals surface area contributed by atoms with Gasteiger partial charge in [0.25, 0.3) is 5.91 Å². The highest BCUT2D eigenvalue weighted by Crippen LogP contribution is 2.19. The summed E-state index contributed by atoms with van der Waals surface area (Å²) in [6.45, 7) is 7.61. The van der Waals surface area contributed by atoms with Gasteiger partial charge < -0.3 is 5.32 Å². The highest BCUT2D eigenvalue weighted by Gasteiger charge is 2.19. The van der Waals surface area contributed by atoms with Gasteiger partial charge in [-0.3, -0.25) is 4.79 Å². The molecule has 20 heavy (non-hydrogen) atoms. The van der Waals surface area contributed by atoms with Crippen molar-refractivity contribution in [3.63, 3.8) is 0 Å². The maximum Gasteiger partial charge on any atom is 0.255 e. The highest BCUT2D eigenvalue weighted by atomic mass is 35.5. The predicted octanol–water partition coefficient (Wildman–Crippen LogP) is 3.28. The largest absolute Gasteiger partial charge is 0.350 e. The number of aryl methyl sites for hydroxylation is 1. The summed E-state index contributed by atoms with van der Waals surface area (Å²) >= 11 is 5.89. The Labute approximate surface area is 123 Å². The molecule has 0 aliphatic heterocycles. The van der Waals surface area contributed by atoms with E-state index >= 15 is 0 Å². The Morgan fingerprint density at radius 2 is 1.85 bits per heavy atom. The van der Waals surface area contributed by atoms with Crippen LogP contribution < -0.4 is 5.32 Å². The molecule has 0 spiro atoms. The zero-order valence-electron chi connectivity index (χ0n) is 12.1. The first-order chi connectivity index (χ1) is 9.40. The fourth-order valence-corrected chi connectivity index (χ4v) is 2.27. The Balaban J connectivity index is 2.43. The van der Waals surface area contributed by atoms with Crippen LogP contribution in [0.4, 0.5) is 0 Å². The summed E-state index contributed by atoms with van der Waals surface area (Å²) in [6.07, 6.45) is 0. The Hall–Kier alpha value is -1.81. The van der Waals surface area contributed by atoms with Crippen molar-refractivity contribution in [2.45, 2.75) is 33.7 Å². The van der Waals surface area contributed by atoms with Gasteiger partial charge in [0.1, 0.15) is 0 Å². The molecule has 0 unspecified atom stereocenters. The van der Waals surface area contributed by atoms with E-state index < -0.39 is 0 Å². The Morgan fingerprint density at radius 3 is 2.40 bits per heavy atom. The molecule has 0 saturated heterocycles. The predicted molar refractivity (Wildman–Crippen MR) is 80.7 cm³/mol. The van der Waals surface area contributed by atoms with E-state index in [9.17, 15) is 4.79 Å². The van der Waals surface area contributed by atoms with Crippen LogP contribution in [0.25, 0.3) is 5.69 Å². The number of benzene rings is 1.